The van der Waals surface area contributed by atoms with Gasteiger partial charge in [0.2, 0.25) is 0 Å². The molecule has 2 heteroatoms. The number of hydrogen-bond acceptors (Lipinski definition) is 2. The molecule has 0 atom stereocenters. The summed E-state index contributed by atoms with van der Waals surface area (Å²) in [6.45, 7) is 9.80. The molecule has 0 aliphatic carbocycles. The maximum absolute atomic E-state index is 3.54. The molecule has 1 N–H and O–H groups in total. The molecule has 0 saturated carbocycles. The second-order valence-corrected chi connectivity index (χ2v) is 6.10. The smallest absolute Gasteiger partial charge is 0.0605 e. The van der Waals surface area contributed by atoms with Gasteiger partial charge in [-0.25, -0.2) is 0 Å². The minimum absolute atomic E-state index is 0.997. The zero-order valence-corrected chi connectivity index (χ0v) is 13.2. The number of nitrogens with zero attached hydrogens (tertiary/aromatic N) is 1. The van der Waals surface area contributed by atoms with Crippen LogP contribution in [0.1, 0.15) is 28.7 Å². The highest BCUT2D eigenvalue weighted by Crippen LogP contribution is 2.30. The zero-order chi connectivity index (χ0) is 14.8. The molecule has 0 radical (unpaired) electrons. The Morgan fingerprint density at radius 2 is 1.76 bits per heavy atom. The molecule has 0 spiro atoms. The van der Waals surface area contributed by atoms with Crippen LogP contribution in [0, 0.1) is 20.8 Å². The lowest BCUT2D eigenvalue weighted by molar-refractivity contribution is 0.759. The Morgan fingerprint density at radius 3 is 2.52 bits per heavy atom. The highest BCUT2D eigenvalue weighted by atomic mass is 15.2. The van der Waals surface area contributed by atoms with Crippen molar-refractivity contribution in [1.29, 1.82) is 0 Å². The molecular weight excluding hydrogens is 256 g/mol. The van der Waals surface area contributed by atoms with Crippen molar-refractivity contribution in [2.75, 3.05) is 23.3 Å². The summed E-state index contributed by atoms with van der Waals surface area (Å²) < 4.78 is 0. The van der Waals surface area contributed by atoms with Crippen molar-refractivity contribution in [1.82, 2.24) is 0 Å². The molecule has 0 saturated heterocycles. The quantitative estimate of drug-likeness (QED) is 0.875. The fraction of sp³-hybridized carbons (Fsp3) is 0.368. The number of hydrogen-bond donors (Lipinski definition) is 1. The molecule has 0 unspecified atom stereocenters. The average Bonchev–Trinajstić information content (AvgIpc) is 2.65. The molecule has 21 heavy (non-hydrogen) atoms. The van der Waals surface area contributed by atoms with Crippen molar-refractivity contribution in [2.45, 2.75) is 33.7 Å². The Bertz CT molecular complexity index is 623. The minimum atomic E-state index is 0.997. The van der Waals surface area contributed by atoms with E-state index in [1.165, 1.54) is 40.0 Å². The molecule has 0 amide bonds. The van der Waals surface area contributed by atoms with Crippen LogP contribution < -0.4 is 10.2 Å². The first-order valence-corrected chi connectivity index (χ1v) is 7.80. The van der Waals surface area contributed by atoms with Crippen molar-refractivity contribution >= 4 is 11.4 Å². The van der Waals surface area contributed by atoms with Crippen LogP contribution in [-0.4, -0.2) is 13.1 Å². The van der Waals surface area contributed by atoms with E-state index >= 15 is 0 Å². The Morgan fingerprint density at radius 1 is 1.05 bits per heavy atom. The largest absolute Gasteiger partial charge is 0.383 e. The lowest BCUT2D eigenvalue weighted by Crippen LogP contribution is -2.24. The molecule has 1 aliphatic rings. The van der Waals surface area contributed by atoms with Crippen molar-refractivity contribution in [3.63, 3.8) is 0 Å². The monoisotopic (exact) mass is 280 g/mol. The third kappa shape index (κ3) is 2.90. The average molecular weight is 280 g/mol. The van der Waals surface area contributed by atoms with Gasteiger partial charge in [-0.15, -0.1) is 0 Å². The van der Waals surface area contributed by atoms with Gasteiger partial charge in [-0.2, -0.15) is 0 Å². The Labute approximate surface area is 127 Å². The summed E-state index contributed by atoms with van der Waals surface area (Å²) in [7, 11) is 0. The summed E-state index contributed by atoms with van der Waals surface area (Å²) in [4.78, 5) is 2.51. The van der Waals surface area contributed by atoms with E-state index in [1.54, 1.807) is 0 Å². The fourth-order valence-electron chi connectivity index (χ4n) is 3.33. The molecule has 2 nitrogen and oxygen atoms in total. The van der Waals surface area contributed by atoms with Crippen LogP contribution in [0.25, 0.3) is 0 Å². The SMILES string of the molecule is Cc1cc(C)c(CN2CCCNc3ccccc32)c(C)c1. The second kappa shape index (κ2) is 5.80. The molecule has 0 bridgehead atoms. The molecular formula is C19H24N2. The summed E-state index contributed by atoms with van der Waals surface area (Å²) in [5.41, 5.74) is 8.22. The van der Waals surface area contributed by atoms with E-state index in [2.05, 4.69) is 67.4 Å². The third-order valence-electron chi connectivity index (χ3n) is 4.35. The van der Waals surface area contributed by atoms with E-state index in [0.29, 0.717) is 0 Å². The molecule has 1 aliphatic heterocycles. The van der Waals surface area contributed by atoms with Crippen LogP contribution in [-0.2, 0) is 6.54 Å². The summed E-state index contributed by atoms with van der Waals surface area (Å²) in [5, 5.41) is 3.54. The predicted molar refractivity (Wildman–Crippen MR) is 91.3 cm³/mol. The maximum atomic E-state index is 3.54. The summed E-state index contributed by atoms with van der Waals surface area (Å²) in [5.74, 6) is 0. The number of nitrogens with one attached hydrogen (secondary N) is 1. The van der Waals surface area contributed by atoms with E-state index < -0.39 is 0 Å². The fourth-order valence-corrected chi connectivity index (χ4v) is 3.33. The third-order valence-corrected chi connectivity index (χ3v) is 4.35. The van der Waals surface area contributed by atoms with Gasteiger partial charge in [0.1, 0.15) is 0 Å². The highest BCUT2D eigenvalue weighted by Gasteiger charge is 2.16. The number of rotatable bonds is 2. The standard InChI is InChI=1S/C19H24N2/c1-14-11-15(2)17(16(3)12-14)13-21-10-6-9-20-18-7-4-5-8-19(18)21/h4-5,7-8,11-12,20H,6,9-10,13H2,1-3H3. The maximum Gasteiger partial charge on any atom is 0.0605 e. The predicted octanol–water partition coefficient (Wildman–Crippen LogP) is 4.43. The normalized spacial score (nSPS) is 14.3. The van der Waals surface area contributed by atoms with Gasteiger partial charge in [0.05, 0.1) is 11.4 Å². The molecule has 110 valence electrons. The molecule has 3 rings (SSSR count). The van der Waals surface area contributed by atoms with Gasteiger partial charge >= 0.3 is 0 Å². The van der Waals surface area contributed by atoms with Crippen LogP contribution in [0.15, 0.2) is 36.4 Å². The first-order chi connectivity index (χ1) is 10.1. The van der Waals surface area contributed by atoms with Gasteiger partial charge < -0.3 is 10.2 Å². The lowest BCUT2D eigenvalue weighted by atomic mass is 9.99. The minimum Gasteiger partial charge on any atom is -0.383 e. The molecule has 2 aromatic rings. The highest BCUT2D eigenvalue weighted by molar-refractivity contribution is 5.71. The Kier molecular flexibility index (Phi) is 3.87. The number of benzene rings is 2. The van der Waals surface area contributed by atoms with Crippen LogP contribution in [0.3, 0.4) is 0 Å². The summed E-state index contributed by atoms with van der Waals surface area (Å²) in [6, 6.07) is 13.2. The van der Waals surface area contributed by atoms with Crippen molar-refractivity contribution < 1.29 is 0 Å². The van der Waals surface area contributed by atoms with Crippen molar-refractivity contribution in [2.24, 2.45) is 0 Å². The Hall–Kier alpha value is -1.96. The van der Waals surface area contributed by atoms with E-state index in [1.807, 2.05) is 0 Å². The Balaban J connectivity index is 1.95. The van der Waals surface area contributed by atoms with Crippen LogP contribution in [0.5, 0.6) is 0 Å². The van der Waals surface area contributed by atoms with Gasteiger partial charge in [0, 0.05) is 19.6 Å². The van der Waals surface area contributed by atoms with E-state index in [4.69, 9.17) is 0 Å². The zero-order valence-electron chi connectivity index (χ0n) is 13.2. The van der Waals surface area contributed by atoms with E-state index in [9.17, 15) is 0 Å². The first-order valence-electron chi connectivity index (χ1n) is 7.80. The molecule has 0 fully saturated rings. The van der Waals surface area contributed by atoms with Crippen LogP contribution in [0.2, 0.25) is 0 Å². The first kappa shape index (κ1) is 14.0. The van der Waals surface area contributed by atoms with Gasteiger partial charge in [0.15, 0.2) is 0 Å². The van der Waals surface area contributed by atoms with Gasteiger partial charge in [0.25, 0.3) is 0 Å². The lowest BCUT2D eigenvalue weighted by Gasteiger charge is -2.26. The molecule has 1 heterocycles. The number of fused-ring (bicyclic) bond motifs is 1. The van der Waals surface area contributed by atoms with Crippen LogP contribution >= 0.6 is 0 Å². The number of para-hydroxylation sites is 2. The van der Waals surface area contributed by atoms with Gasteiger partial charge in [-0.05, 0) is 56.0 Å². The van der Waals surface area contributed by atoms with E-state index in [0.717, 1.165) is 19.6 Å². The summed E-state index contributed by atoms with van der Waals surface area (Å²) in [6.07, 6.45) is 1.18. The molecule has 2 aromatic carbocycles. The molecule has 0 aromatic heterocycles. The number of aryl methyl sites for hydroxylation is 3. The topological polar surface area (TPSA) is 15.3 Å². The van der Waals surface area contributed by atoms with Crippen molar-refractivity contribution in [3.8, 4) is 0 Å². The summed E-state index contributed by atoms with van der Waals surface area (Å²) >= 11 is 0. The number of anilines is 2. The second-order valence-electron chi connectivity index (χ2n) is 6.10. The van der Waals surface area contributed by atoms with Gasteiger partial charge in [-0.1, -0.05) is 29.8 Å². The van der Waals surface area contributed by atoms with Crippen LogP contribution in [0.4, 0.5) is 11.4 Å². The van der Waals surface area contributed by atoms with Gasteiger partial charge in [-0.3, -0.25) is 0 Å². The van der Waals surface area contributed by atoms with E-state index in [-0.39, 0.29) is 0 Å². The van der Waals surface area contributed by atoms with Crippen molar-refractivity contribution in [3.05, 3.63) is 58.7 Å².